The van der Waals surface area contributed by atoms with Crippen molar-refractivity contribution in [3.8, 4) is 0 Å². The first-order chi connectivity index (χ1) is 15.6. The molecule has 1 aliphatic heterocycles. The highest BCUT2D eigenvalue weighted by atomic mass is 16.2. The zero-order valence-electron chi connectivity index (χ0n) is 18.2. The van der Waals surface area contributed by atoms with Crippen molar-refractivity contribution < 1.29 is 4.79 Å². The number of carbonyl (C=O) groups excluding carboxylic acids is 1. The number of rotatable bonds is 3. The van der Waals surface area contributed by atoms with Crippen LogP contribution in [0, 0.1) is 5.92 Å². The molecule has 164 valence electrons. The second kappa shape index (κ2) is 8.51. The van der Waals surface area contributed by atoms with Crippen LogP contribution in [0.15, 0.2) is 48.5 Å². The minimum atomic E-state index is 0.0626. The normalized spacial score (nSPS) is 19.6. The molecule has 0 aliphatic carbocycles. The third-order valence-corrected chi connectivity index (χ3v) is 5.87. The van der Waals surface area contributed by atoms with Crippen molar-refractivity contribution >= 4 is 34.1 Å². The number of carbonyl (C=O) groups is 1. The standard InChI is InChI=1S/C23H26N8O/c1-15-13-16(2)24-11-12-30(14-15)23(32)17-7-9-18(10-8-17)25-21-22-27-28-29-31(22)20-6-4-3-5-19(20)26-21/h3-10,15-16,24H,11-14H2,1-2H3,(H,25,26). The van der Waals surface area contributed by atoms with Crippen LogP contribution in [0.4, 0.5) is 11.5 Å². The number of nitrogens with one attached hydrogen (secondary N) is 2. The number of tetrazole rings is 1. The zero-order valence-corrected chi connectivity index (χ0v) is 18.2. The van der Waals surface area contributed by atoms with Crippen LogP contribution in [-0.2, 0) is 0 Å². The molecule has 2 atom stereocenters. The molecular formula is C23H26N8O. The second-order valence-electron chi connectivity index (χ2n) is 8.51. The lowest BCUT2D eigenvalue weighted by atomic mass is 10.0. The number of hydrogen-bond acceptors (Lipinski definition) is 7. The predicted octanol–water partition coefficient (Wildman–Crippen LogP) is 2.88. The van der Waals surface area contributed by atoms with Crippen LogP contribution in [-0.4, -0.2) is 61.5 Å². The Balaban J connectivity index is 1.36. The molecule has 2 aromatic carbocycles. The van der Waals surface area contributed by atoms with Crippen LogP contribution in [0.2, 0.25) is 0 Å². The molecule has 9 heteroatoms. The van der Waals surface area contributed by atoms with Crippen molar-refractivity contribution in [2.75, 3.05) is 25.0 Å². The van der Waals surface area contributed by atoms with Crippen LogP contribution in [0.1, 0.15) is 30.6 Å². The average Bonchev–Trinajstić information content (AvgIpc) is 3.28. The Morgan fingerprint density at radius 3 is 2.78 bits per heavy atom. The van der Waals surface area contributed by atoms with Gasteiger partial charge in [-0.1, -0.05) is 19.1 Å². The summed E-state index contributed by atoms with van der Waals surface area (Å²) >= 11 is 0. The second-order valence-corrected chi connectivity index (χ2v) is 8.51. The molecule has 2 unspecified atom stereocenters. The number of amides is 1. The number of anilines is 2. The molecule has 0 spiro atoms. The van der Waals surface area contributed by atoms with E-state index in [0.717, 1.165) is 36.2 Å². The first kappa shape index (κ1) is 20.3. The summed E-state index contributed by atoms with van der Waals surface area (Å²) in [5.41, 5.74) is 3.66. The largest absolute Gasteiger partial charge is 0.337 e. The van der Waals surface area contributed by atoms with E-state index in [-0.39, 0.29) is 5.91 Å². The summed E-state index contributed by atoms with van der Waals surface area (Å²) in [6, 6.07) is 15.7. The number of aromatic nitrogens is 5. The van der Waals surface area contributed by atoms with E-state index in [4.69, 9.17) is 0 Å². The van der Waals surface area contributed by atoms with E-state index >= 15 is 0 Å². The molecule has 2 N–H and O–H groups in total. The first-order valence-corrected chi connectivity index (χ1v) is 10.9. The molecule has 1 aliphatic rings. The molecule has 32 heavy (non-hydrogen) atoms. The summed E-state index contributed by atoms with van der Waals surface area (Å²) < 4.78 is 1.67. The number of hydrogen-bond donors (Lipinski definition) is 2. The monoisotopic (exact) mass is 430 g/mol. The molecule has 1 amide bonds. The van der Waals surface area contributed by atoms with Crippen LogP contribution in [0.25, 0.3) is 16.7 Å². The van der Waals surface area contributed by atoms with E-state index in [1.807, 2.05) is 53.4 Å². The fourth-order valence-corrected chi connectivity index (χ4v) is 4.36. The van der Waals surface area contributed by atoms with Gasteiger partial charge < -0.3 is 15.5 Å². The van der Waals surface area contributed by atoms with E-state index in [0.29, 0.717) is 35.5 Å². The number of nitrogens with zero attached hydrogens (tertiary/aromatic N) is 6. The van der Waals surface area contributed by atoms with Crippen LogP contribution in [0.3, 0.4) is 0 Å². The van der Waals surface area contributed by atoms with Crippen molar-refractivity contribution in [1.82, 2.24) is 35.2 Å². The fraction of sp³-hybridized carbons (Fsp3) is 0.348. The van der Waals surface area contributed by atoms with Crippen LogP contribution >= 0.6 is 0 Å². The maximum atomic E-state index is 13.1. The summed E-state index contributed by atoms with van der Waals surface area (Å²) in [5.74, 6) is 1.08. The highest BCUT2D eigenvalue weighted by Gasteiger charge is 2.22. The van der Waals surface area contributed by atoms with Gasteiger partial charge in [0.05, 0.1) is 11.0 Å². The Bertz CT molecular complexity index is 1250. The topological polar surface area (TPSA) is 100 Å². The molecule has 5 rings (SSSR count). The predicted molar refractivity (Wildman–Crippen MR) is 123 cm³/mol. The summed E-state index contributed by atoms with van der Waals surface area (Å²) in [7, 11) is 0. The third kappa shape index (κ3) is 3.99. The number of benzene rings is 2. The minimum Gasteiger partial charge on any atom is -0.337 e. The SMILES string of the molecule is CC1CC(C)NCCN(C(=O)c2ccc(Nc3nc4ccccc4n4nnnc34)cc2)C1. The van der Waals surface area contributed by atoms with Crippen molar-refractivity contribution in [2.45, 2.75) is 26.3 Å². The van der Waals surface area contributed by atoms with Gasteiger partial charge in [-0.05, 0) is 66.1 Å². The molecular weight excluding hydrogens is 404 g/mol. The van der Waals surface area contributed by atoms with Gasteiger partial charge in [-0.25, -0.2) is 4.98 Å². The first-order valence-electron chi connectivity index (χ1n) is 10.9. The van der Waals surface area contributed by atoms with Crippen molar-refractivity contribution in [3.05, 3.63) is 54.1 Å². The highest BCUT2D eigenvalue weighted by Crippen LogP contribution is 2.23. The summed E-state index contributed by atoms with van der Waals surface area (Å²) in [5, 5.41) is 18.8. The third-order valence-electron chi connectivity index (χ3n) is 5.87. The van der Waals surface area contributed by atoms with Crippen molar-refractivity contribution in [1.29, 1.82) is 0 Å². The van der Waals surface area contributed by atoms with Crippen molar-refractivity contribution in [3.63, 3.8) is 0 Å². The van der Waals surface area contributed by atoms with E-state index in [1.54, 1.807) is 4.52 Å². The number of para-hydroxylation sites is 2. The maximum Gasteiger partial charge on any atom is 0.253 e. The lowest BCUT2D eigenvalue weighted by molar-refractivity contribution is 0.0712. The fourth-order valence-electron chi connectivity index (χ4n) is 4.36. The summed E-state index contributed by atoms with van der Waals surface area (Å²) in [4.78, 5) is 19.7. The molecule has 9 nitrogen and oxygen atoms in total. The summed E-state index contributed by atoms with van der Waals surface area (Å²) in [6.45, 7) is 6.71. The molecule has 2 aromatic heterocycles. The van der Waals surface area contributed by atoms with Crippen LogP contribution in [0.5, 0.6) is 0 Å². The molecule has 0 bridgehead atoms. The quantitative estimate of drug-likeness (QED) is 0.515. The lowest BCUT2D eigenvalue weighted by Gasteiger charge is -2.31. The molecule has 4 aromatic rings. The highest BCUT2D eigenvalue weighted by molar-refractivity contribution is 5.94. The van der Waals surface area contributed by atoms with E-state index in [1.165, 1.54) is 0 Å². The Labute approximate surface area is 185 Å². The van der Waals surface area contributed by atoms with Crippen LogP contribution < -0.4 is 10.6 Å². The van der Waals surface area contributed by atoms with E-state index in [2.05, 4.69) is 45.0 Å². The van der Waals surface area contributed by atoms with Crippen molar-refractivity contribution in [2.24, 2.45) is 5.92 Å². The molecule has 1 saturated heterocycles. The maximum absolute atomic E-state index is 13.1. The Morgan fingerprint density at radius 1 is 1.12 bits per heavy atom. The smallest absolute Gasteiger partial charge is 0.253 e. The van der Waals surface area contributed by atoms with Gasteiger partial charge in [0.15, 0.2) is 5.82 Å². The zero-order chi connectivity index (χ0) is 22.1. The van der Waals surface area contributed by atoms with Gasteiger partial charge in [0, 0.05) is 36.9 Å². The Morgan fingerprint density at radius 2 is 1.94 bits per heavy atom. The van der Waals surface area contributed by atoms with Gasteiger partial charge in [-0.3, -0.25) is 4.79 Å². The molecule has 1 fully saturated rings. The van der Waals surface area contributed by atoms with Gasteiger partial charge in [0.25, 0.3) is 5.91 Å². The lowest BCUT2D eigenvalue weighted by Crippen LogP contribution is -2.45. The van der Waals surface area contributed by atoms with Gasteiger partial charge in [-0.2, -0.15) is 4.52 Å². The van der Waals surface area contributed by atoms with Gasteiger partial charge in [0.1, 0.15) is 0 Å². The van der Waals surface area contributed by atoms with Gasteiger partial charge in [0.2, 0.25) is 5.65 Å². The number of fused-ring (bicyclic) bond motifs is 3. The van der Waals surface area contributed by atoms with E-state index < -0.39 is 0 Å². The van der Waals surface area contributed by atoms with E-state index in [9.17, 15) is 4.79 Å². The molecule has 0 saturated carbocycles. The van der Waals surface area contributed by atoms with Gasteiger partial charge in [-0.15, -0.1) is 5.10 Å². The minimum absolute atomic E-state index is 0.0626. The average molecular weight is 431 g/mol. The molecule has 3 heterocycles. The summed E-state index contributed by atoms with van der Waals surface area (Å²) in [6.07, 6.45) is 1.07. The Kier molecular flexibility index (Phi) is 5.40. The van der Waals surface area contributed by atoms with Gasteiger partial charge >= 0.3 is 0 Å². The Hall–Kier alpha value is -3.59. The molecule has 0 radical (unpaired) electrons.